The van der Waals surface area contributed by atoms with Crippen molar-refractivity contribution in [2.75, 3.05) is 0 Å². The van der Waals surface area contributed by atoms with Gasteiger partial charge in [0.15, 0.2) is 0 Å². The van der Waals surface area contributed by atoms with Crippen molar-refractivity contribution < 1.29 is 4.79 Å². The topological polar surface area (TPSA) is 43.1 Å². The molecule has 68 valence electrons. The highest BCUT2D eigenvalue weighted by atomic mass is 35.5. The number of carbonyl (C=O) groups excluding carboxylic acids is 1. The zero-order chi connectivity index (χ0) is 9.84. The smallest absolute Gasteiger partial charge is 0.244 e. The van der Waals surface area contributed by atoms with Gasteiger partial charge in [0.05, 0.1) is 0 Å². The third-order valence-electron chi connectivity index (χ3n) is 1.68. The van der Waals surface area contributed by atoms with Gasteiger partial charge in [-0.25, -0.2) is 0 Å². The summed E-state index contributed by atoms with van der Waals surface area (Å²) in [4.78, 5) is 10.7. The fraction of sp³-hybridized carbons (Fsp3) is 0.100. The standard InChI is InChI=1S/C10H10ClNO/c1-7(10(12)13)6-8-2-4-9(11)5-3-8/h2-5H,1,6H2,(H2,12,13). The van der Waals surface area contributed by atoms with E-state index < -0.39 is 5.91 Å². The Morgan fingerprint density at radius 2 is 1.92 bits per heavy atom. The maximum absolute atomic E-state index is 10.7. The first-order valence-electron chi connectivity index (χ1n) is 3.81. The van der Waals surface area contributed by atoms with E-state index in [-0.39, 0.29) is 0 Å². The minimum absolute atomic E-state index is 0.405. The Bertz CT molecular complexity index is 329. The van der Waals surface area contributed by atoms with Crippen LogP contribution in [0.5, 0.6) is 0 Å². The van der Waals surface area contributed by atoms with Gasteiger partial charge >= 0.3 is 0 Å². The van der Waals surface area contributed by atoms with E-state index in [1.165, 1.54) is 0 Å². The van der Waals surface area contributed by atoms with Crippen LogP contribution in [0.2, 0.25) is 5.02 Å². The second-order valence-corrected chi connectivity index (χ2v) is 3.21. The second-order valence-electron chi connectivity index (χ2n) is 2.77. The van der Waals surface area contributed by atoms with Crippen LogP contribution >= 0.6 is 11.6 Å². The SMILES string of the molecule is C=C(Cc1ccc(Cl)cc1)C(N)=O. The predicted molar refractivity (Wildman–Crippen MR) is 53.5 cm³/mol. The van der Waals surface area contributed by atoms with Crippen LogP contribution in [0.1, 0.15) is 5.56 Å². The Hall–Kier alpha value is -1.28. The molecule has 0 radical (unpaired) electrons. The summed E-state index contributed by atoms with van der Waals surface area (Å²) in [6, 6.07) is 7.23. The van der Waals surface area contributed by atoms with Gasteiger partial charge in [-0.1, -0.05) is 30.3 Å². The van der Waals surface area contributed by atoms with Gasteiger partial charge in [0.25, 0.3) is 0 Å². The van der Waals surface area contributed by atoms with Crippen molar-refractivity contribution in [1.29, 1.82) is 0 Å². The van der Waals surface area contributed by atoms with Gasteiger partial charge in [0.2, 0.25) is 5.91 Å². The van der Waals surface area contributed by atoms with Crippen LogP contribution in [0.25, 0.3) is 0 Å². The maximum Gasteiger partial charge on any atom is 0.244 e. The average Bonchev–Trinajstić information content (AvgIpc) is 2.08. The predicted octanol–water partition coefficient (Wildman–Crippen LogP) is 1.92. The molecule has 3 heteroatoms. The highest BCUT2D eigenvalue weighted by Crippen LogP contribution is 2.11. The molecule has 0 atom stereocenters. The zero-order valence-electron chi connectivity index (χ0n) is 7.09. The highest BCUT2D eigenvalue weighted by Gasteiger charge is 2.02. The van der Waals surface area contributed by atoms with Gasteiger partial charge < -0.3 is 5.73 Å². The third-order valence-corrected chi connectivity index (χ3v) is 1.93. The molecule has 0 fully saturated rings. The zero-order valence-corrected chi connectivity index (χ0v) is 7.84. The summed E-state index contributed by atoms with van der Waals surface area (Å²) < 4.78 is 0. The first kappa shape index (κ1) is 9.81. The number of hydrogen-bond acceptors (Lipinski definition) is 1. The Morgan fingerprint density at radius 1 is 1.38 bits per heavy atom. The molecular weight excluding hydrogens is 186 g/mol. The van der Waals surface area contributed by atoms with Crippen molar-refractivity contribution in [3.8, 4) is 0 Å². The van der Waals surface area contributed by atoms with Crippen LogP contribution in [0.4, 0.5) is 0 Å². The van der Waals surface area contributed by atoms with Crippen molar-refractivity contribution >= 4 is 17.5 Å². The summed E-state index contributed by atoms with van der Waals surface area (Å²) in [5.41, 5.74) is 6.43. The molecule has 0 heterocycles. The molecule has 1 amide bonds. The summed E-state index contributed by atoms with van der Waals surface area (Å²) in [5.74, 6) is -0.463. The number of rotatable bonds is 3. The maximum atomic E-state index is 10.7. The highest BCUT2D eigenvalue weighted by molar-refractivity contribution is 6.30. The van der Waals surface area contributed by atoms with Crippen LogP contribution in [-0.4, -0.2) is 5.91 Å². The van der Waals surface area contributed by atoms with Gasteiger partial charge in [0, 0.05) is 17.0 Å². The van der Waals surface area contributed by atoms with Crippen molar-refractivity contribution in [2.24, 2.45) is 5.73 Å². The van der Waals surface area contributed by atoms with Crippen molar-refractivity contribution in [3.05, 3.63) is 47.0 Å². The number of hydrogen-bond donors (Lipinski definition) is 1. The van der Waals surface area contributed by atoms with E-state index in [0.29, 0.717) is 17.0 Å². The largest absolute Gasteiger partial charge is 0.366 e. The molecule has 0 saturated heterocycles. The lowest BCUT2D eigenvalue weighted by atomic mass is 10.1. The fourth-order valence-electron chi connectivity index (χ4n) is 0.936. The van der Waals surface area contributed by atoms with Gasteiger partial charge in [-0.3, -0.25) is 4.79 Å². The Balaban J connectivity index is 2.70. The summed E-state index contributed by atoms with van der Waals surface area (Å²) >= 11 is 5.70. The van der Waals surface area contributed by atoms with E-state index in [1.807, 2.05) is 12.1 Å². The summed E-state index contributed by atoms with van der Waals surface area (Å²) in [6.45, 7) is 3.56. The molecule has 0 saturated carbocycles. The summed E-state index contributed by atoms with van der Waals surface area (Å²) in [7, 11) is 0. The lowest BCUT2D eigenvalue weighted by molar-refractivity contribution is -0.114. The molecule has 1 aromatic carbocycles. The monoisotopic (exact) mass is 195 g/mol. The number of amides is 1. The Kier molecular flexibility index (Phi) is 3.09. The van der Waals surface area contributed by atoms with Crippen LogP contribution in [-0.2, 0) is 11.2 Å². The van der Waals surface area contributed by atoms with Gasteiger partial charge in [-0.05, 0) is 17.7 Å². The van der Waals surface area contributed by atoms with E-state index in [2.05, 4.69) is 6.58 Å². The van der Waals surface area contributed by atoms with Crippen LogP contribution in [0.15, 0.2) is 36.4 Å². The molecule has 0 aromatic heterocycles. The Labute approximate surface area is 82.0 Å². The minimum atomic E-state index is -0.463. The summed E-state index contributed by atoms with van der Waals surface area (Å²) in [6.07, 6.45) is 0.479. The molecule has 1 aromatic rings. The van der Waals surface area contributed by atoms with E-state index >= 15 is 0 Å². The molecule has 0 aliphatic carbocycles. The number of halogens is 1. The number of nitrogens with two attached hydrogens (primary N) is 1. The molecule has 0 aliphatic heterocycles. The first-order valence-corrected chi connectivity index (χ1v) is 4.19. The van der Waals surface area contributed by atoms with Crippen molar-refractivity contribution in [2.45, 2.75) is 6.42 Å². The van der Waals surface area contributed by atoms with E-state index in [9.17, 15) is 4.79 Å². The van der Waals surface area contributed by atoms with Crippen molar-refractivity contribution in [1.82, 2.24) is 0 Å². The lowest BCUT2D eigenvalue weighted by Crippen LogP contribution is -2.14. The van der Waals surface area contributed by atoms with Gasteiger partial charge in [0.1, 0.15) is 0 Å². The minimum Gasteiger partial charge on any atom is -0.366 e. The van der Waals surface area contributed by atoms with Crippen LogP contribution in [0, 0.1) is 0 Å². The normalized spacial score (nSPS) is 9.62. The van der Waals surface area contributed by atoms with Crippen molar-refractivity contribution in [3.63, 3.8) is 0 Å². The molecule has 0 spiro atoms. The number of benzene rings is 1. The van der Waals surface area contributed by atoms with Gasteiger partial charge in [-0.15, -0.1) is 0 Å². The molecule has 2 nitrogen and oxygen atoms in total. The molecule has 0 bridgehead atoms. The average molecular weight is 196 g/mol. The quantitative estimate of drug-likeness (QED) is 0.736. The third kappa shape index (κ3) is 2.92. The molecule has 0 unspecified atom stereocenters. The van der Waals surface area contributed by atoms with Gasteiger partial charge in [-0.2, -0.15) is 0 Å². The molecule has 13 heavy (non-hydrogen) atoms. The molecule has 1 rings (SSSR count). The lowest BCUT2D eigenvalue weighted by Gasteiger charge is -2.01. The first-order chi connectivity index (χ1) is 6.09. The van der Waals surface area contributed by atoms with E-state index in [1.54, 1.807) is 12.1 Å². The number of carbonyl (C=O) groups is 1. The summed E-state index contributed by atoms with van der Waals surface area (Å²) in [5, 5.41) is 0.674. The Morgan fingerprint density at radius 3 is 2.38 bits per heavy atom. The molecule has 0 aliphatic rings. The van der Waals surface area contributed by atoms with Crippen LogP contribution < -0.4 is 5.73 Å². The van der Waals surface area contributed by atoms with Crippen LogP contribution in [0.3, 0.4) is 0 Å². The number of primary amides is 1. The molecule has 2 N–H and O–H groups in total. The van der Waals surface area contributed by atoms with E-state index in [0.717, 1.165) is 5.56 Å². The fourth-order valence-corrected chi connectivity index (χ4v) is 1.06. The molecular formula is C10H10ClNO. The van der Waals surface area contributed by atoms with E-state index in [4.69, 9.17) is 17.3 Å². The second kappa shape index (κ2) is 4.10.